The number of ether oxygens (including phenoxy) is 1. The van der Waals surface area contributed by atoms with Crippen molar-refractivity contribution in [2.24, 2.45) is 16.6 Å². The molecule has 0 unspecified atom stereocenters. The lowest BCUT2D eigenvalue weighted by molar-refractivity contribution is -0.189. The summed E-state index contributed by atoms with van der Waals surface area (Å²) in [6, 6.07) is 11.2. The lowest BCUT2D eigenvalue weighted by atomic mass is 9.78. The largest absolute Gasteiger partial charge is 0.379 e. The van der Waals surface area contributed by atoms with Crippen molar-refractivity contribution in [3.63, 3.8) is 0 Å². The van der Waals surface area contributed by atoms with E-state index in [-0.39, 0.29) is 57.1 Å². The molecule has 4 aliphatic rings. The number of aromatic nitrogens is 3. The second-order valence-electron chi connectivity index (χ2n) is 14.9. The fourth-order valence-corrected chi connectivity index (χ4v) is 8.39. The van der Waals surface area contributed by atoms with E-state index >= 15 is 0 Å². The van der Waals surface area contributed by atoms with Crippen LogP contribution in [0, 0.1) is 5.92 Å². The van der Waals surface area contributed by atoms with Gasteiger partial charge in [0, 0.05) is 18.5 Å². The van der Waals surface area contributed by atoms with Gasteiger partial charge in [-0.25, -0.2) is 9.67 Å². The zero-order valence-electron chi connectivity index (χ0n) is 29.2. The third-order valence-corrected chi connectivity index (χ3v) is 11.3. The second kappa shape index (κ2) is 14.7. The molecule has 2 saturated heterocycles. The zero-order valence-corrected chi connectivity index (χ0v) is 29.2. The molecule has 274 valence electrons. The van der Waals surface area contributed by atoms with Crippen molar-refractivity contribution in [2.75, 3.05) is 19.8 Å². The van der Waals surface area contributed by atoms with Gasteiger partial charge in [-0.05, 0) is 48.1 Å². The topological polar surface area (TPSA) is 199 Å². The second-order valence-corrected chi connectivity index (χ2v) is 14.9. The number of amides is 4. The van der Waals surface area contributed by atoms with Crippen molar-refractivity contribution >= 4 is 45.9 Å². The summed E-state index contributed by atoms with van der Waals surface area (Å²) < 4.78 is 6.80. The number of nitrogens with two attached hydrogens (primary N) is 1. The van der Waals surface area contributed by atoms with Crippen LogP contribution < -0.4 is 11.1 Å². The highest BCUT2D eigenvalue weighted by molar-refractivity contribution is 6.41. The Morgan fingerprint density at radius 3 is 2.37 bits per heavy atom. The van der Waals surface area contributed by atoms with Crippen LogP contribution in [0.4, 0.5) is 0 Å². The molecule has 0 radical (unpaired) electrons. The molecule has 14 heteroatoms. The Labute approximate surface area is 301 Å². The van der Waals surface area contributed by atoms with Gasteiger partial charge in [0.25, 0.3) is 17.7 Å². The fourth-order valence-electron chi connectivity index (χ4n) is 8.39. The zero-order chi connectivity index (χ0) is 36.5. The van der Waals surface area contributed by atoms with Gasteiger partial charge in [0.15, 0.2) is 5.60 Å². The van der Waals surface area contributed by atoms with E-state index in [1.807, 2.05) is 30.3 Å². The van der Waals surface area contributed by atoms with E-state index in [1.165, 1.54) is 15.8 Å². The molecule has 4 fully saturated rings. The van der Waals surface area contributed by atoms with Crippen LogP contribution in [-0.2, 0) is 29.5 Å². The van der Waals surface area contributed by atoms with Crippen LogP contribution in [0.3, 0.4) is 0 Å². The lowest BCUT2D eigenvalue weighted by Crippen LogP contribution is -2.62. The summed E-state index contributed by atoms with van der Waals surface area (Å²) in [6.45, 7) is 0.0911. The predicted octanol–water partition coefficient (Wildman–Crippen LogP) is 2.92. The molecule has 7 rings (SSSR count). The lowest BCUT2D eigenvalue weighted by Gasteiger charge is -2.37. The molecule has 2 aliphatic carbocycles. The number of hydrogen-bond donors (Lipinski definition) is 3. The van der Waals surface area contributed by atoms with Crippen LogP contribution in [-0.4, -0.2) is 91.5 Å². The van der Waals surface area contributed by atoms with Crippen molar-refractivity contribution < 1.29 is 33.8 Å². The van der Waals surface area contributed by atoms with Gasteiger partial charge in [0.2, 0.25) is 11.7 Å². The van der Waals surface area contributed by atoms with E-state index in [4.69, 9.17) is 10.5 Å². The summed E-state index contributed by atoms with van der Waals surface area (Å²) in [5, 5.41) is 24.1. The molecular formula is C38H45N7O7. The molecule has 2 aromatic carbocycles. The molecule has 2 saturated carbocycles. The summed E-state index contributed by atoms with van der Waals surface area (Å²) in [5.74, 6) is -3.58. The first kappa shape index (κ1) is 35.6. The minimum absolute atomic E-state index is 0.00512. The number of fused-ring (bicyclic) bond motifs is 1. The van der Waals surface area contributed by atoms with Gasteiger partial charge in [-0.3, -0.25) is 24.0 Å². The molecule has 14 nitrogen and oxygen atoms in total. The minimum atomic E-state index is -1.48. The number of likely N-dealkylation sites (tertiary alicyclic amines) is 1. The number of aliphatic hydroxyl groups is 1. The van der Waals surface area contributed by atoms with Crippen LogP contribution >= 0.6 is 0 Å². The molecule has 1 aromatic heterocycles. The maximum atomic E-state index is 14.8. The number of nitrogens with one attached hydrogen (secondary N) is 1. The Balaban J connectivity index is 1.24. The number of benzene rings is 2. The van der Waals surface area contributed by atoms with Crippen LogP contribution in [0.1, 0.15) is 99.1 Å². The number of carbonyl (C=O) groups excluding carboxylic acids is 5. The number of rotatable bonds is 10. The Morgan fingerprint density at radius 1 is 0.962 bits per heavy atom. The highest BCUT2D eigenvalue weighted by Crippen LogP contribution is 2.36. The van der Waals surface area contributed by atoms with Gasteiger partial charge in [0.1, 0.15) is 17.3 Å². The van der Waals surface area contributed by atoms with E-state index in [9.17, 15) is 29.1 Å². The first-order valence-electron chi connectivity index (χ1n) is 18.4. The Hall–Kier alpha value is -4.82. The average Bonchev–Trinajstić information content (AvgIpc) is 3.82. The van der Waals surface area contributed by atoms with Crippen molar-refractivity contribution in [2.45, 2.75) is 100 Å². The SMILES string of the molecule is NC(=O)C(=O)C1(NC(=O)[C@@H]2C[C@H](n3nncc3C3(O)COC3)CN2C(=O)/C(CC2CCCCC2)=N/C(=O)c2ccc3ccccc3c2)CCCCC1. The van der Waals surface area contributed by atoms with Crippen molar-refractivity contribution in [1.29, 1.82) is 0 Å². The monoisotopic (exact) mass is 711 g/mol. The first-order valence-corrected chi connectivity index (χ1v) is 18.4. The number of ketones is 1. The highest BCUT2D eigenvalue weighted by atomic mass is 16.5. The van der Waals surface area contributed by atoms with Crippen LogP contribution in [0.25, 0.3) is 10.8 Å². The number of Topliss-reactive ketones (excluding diaryl/α,β-unsaturated/α-hetero) is 1. The molecule has 0 bridgehead atoms. The van der Waals surface area contributed by atoms with E-state index in [0.29, 0.717) is 24.1 Å². The van der Waals surface area contributed by atoms with E-state index in [0.717, 1.165) is 49.3 Å². The molecule has 52 heavy (non-hydrogen) atoms. The van der Waals surface area contributed by atoms with E-state index in [1.54, 1.807) is 12.1 Å². The van der Waals surface area contributed by atoms with Crippen molar-refractivity contribution in [1.82, 2.24) is 25.2 Å². The highest BCUT2D eigenvalue weighted by Gasteiger charge is 2.50. The van der Waals surface area contributed by atoms with Crippen molar-refractivity contribution in [3.05, 3.63) is 59.9 Å². The molecule has 4 amide bonds. The Bertz CT molecular complexity index is 1910. The molecule has 0 spiro atoms. The molecular weight excluding hydrogens is 666 g/mol. The van der Waals surface area contributed by atoms with Gasteiger partial charge >= 0.3 is 0 Å². The number of primary amides is 1. The summed E-state index contributed by atoms with van der Waals surface area (Å²) in [7, 11) is 0. The van der Waals surface area contributed by atoms with Crippen LogP contribution in [0.2, 0.25) is 0 Å². The number of hydrogen-bond acceptors (Lipinski definition) is 9. The third-order valence-electron chi connectivity index (χ3n) is 11.3. The summed E-state index contributed by atoms with van der Waals surface area (Å²) in [5.41, 5.74) is 3.47. The maximum Gasteiger partial charge on any atom is 0.287 e. The summed E-state index contributed by atoms with van der Waals surface area (Å²) in [6.07, 6.45) is 9.28. The quantitative estimate of drug-likeness (QED) is 0.209. The molecule has 2 atom stereocenters. The predicted molar refractivity (Wildman–Crippen MR) is 189 cm³/mol. The molecule has 3 heterocycles. The van der Waals surface area contributed by atoms with Gasteiger partial charge in [-0.15, -0.1) is 5.10 Å². The van der Waals surface area contributed by atoms with E-state index < -0.39 is 52.6 Å². The first-order chi connectivity index (χ1) is 25.1. The standard InChI is InChI=1S/C38H45N7O7/c39-33(47)32(46)37(15-7-2-8-16-37)42-35(49)30-19-28(45-31(20-40-43-45)38(51)22-52-23-38)21-44(30)36(50)29(17-24-9-3-1-4-10-24)41-34(48)27-14-13-25-11-5-6-12-26(25)18-27/h5-6,11-14,18,20,24,28,30,51H,1-4,7-10,15-17,19,21-23H2,(H2,39,47)(H,42,49)/b41-29+/t28-,30-/m0/s1. The Kier molecular flexibility index (Phi) is 10.0. The normalized spacial score (nSPS) is 23.2. The fraction of sp³-hybridized carbons (Fsp3) is 0.526. The number of aliphatic imine (C=N–C) groups is 1. The minimum Gasteiger partial charge on any atom is -0.379 e. The van der Waals surface area contributed by atoms with Gasteiger partial charge in [0.05, 0.1) is 31.1 Å². The van der Waals surface area contributed by atoms with Crippen LogP contribution in [0.5, 0.6) is 0 Å². The third kappa shape index (κ3) is 7.01. The van der Waals surface area contributed by atoms with Gasteiger partial charge in [-0.1, -0.05) is 86.9 Å². The smallest absolute Gasteiger partial charge is 0.287 e. The van der Waals surface area contributed by atoms with Gasteiger partial charge in [-0.2, -0.15) is 0 Å². The molecule has 4 N–H and O–H groups in total. The molecule has 3 aromatic rings. The summed E-state index contributed by atoms with van der Waals surface area (Å²) in [4.78, 5) is 74.2. The van der Waals surface area contributed by atoms with Gasteiger partial charge < -0.3 is 25.8 Å². The number of nitrogens with zero attached hydrogens (tertiary/aromatic N) is 5. The summed E-state index contributed by atoms with van der Waals surface area (Å²) >= 11 is 0. The van der Waals surface area contributed by atoms with Crippen molar-refractivity contribution in [3.8, 4) is 0 Å². The maximum absolute atomic E-state index is 14.8. The van der Waals surface area contributed by atoms with Crippen LogP contribution in [0.15, 0.2) is 53.7 Å². The molecule has 2 aliphatic heterocycles. The number of carbonyl (C=O) groups is 5. The average molecular weight is 712 g/mol. The van der Waals surface area contributed by atoms with E-state index in [2.05, 4.69) is 20.6 Å². The Morgan fingerprint density at radius 2 is 1.67 bits per heavy atom.